The Hall–Kier alpha value is -2.36. The van der Waals surface area contributed by atoms with Gasteiger partial charge in [0.1, 0.15) is 5.75 Å². The van der Waals surface area contributed by atoms with Crippen LogP contribution in [0, 0.1) is 0 Å². The van der Waals surface area contributed by atoms with E-state index < -0.39 is 0 Å². The molecule has 158 valence electrons. The Morgan fingerprint density at radius 3 is 2.73 bits per heavy atom. The third-order valence-corrected chi connectivity index (χ3v) is 5.72. The Morgan fingerprint density at radius 1 is 1.23 bits per heavy atom. The summed E-state index contributed by atoms with van der Waals surface area (Å²) in [5.74, 6) is 0.504. The van der Waals surface area contributed by atoms with Gasteiger partial charge < -0.3 is 9.64 Å². The highest BCUT2D eigenvalue weighted by Gasteiger charge is 2.24. The number of nitrogens with zero attached hydrogens (tertiary/aromatic N) is 6. The van der Waals surface area contributed by atoms with Crippen LogP contribution >= 0.6 is 27.5 Å². The predicted molar refractivity (Wildman–Crippen MR) is 116 cm³/mol. The molecule has 4 rings (SSSR count). The molecule has 1 aliphatic heterocycles. The first-order valence-electron chi connectivity index (χ1n) is 9.58. The number of carbonyl (C=O) groups excluding carboxylic acids is 1. The highest BCUT2D eigenvalue weighted by molar-refractivity contribution is 9.10. The monoisotopic (exact) mass is 492 g/mol. The lowest BCUT2D eigenvalue weighted by atomic mass is 10.2. The molecule has 1 aliphatic rings. The maximum atomic E-state index is 12.8. The van der Waals surface area contributed by atoms with Crippen LogP contribution in [0.5, 0.6) is 5.75 Å². The maximum absolute atomic E-state index is 12.8. The van der Waals surface area contributed by atoms with E-state index in [1.807, 2.05) is 30.4 Å². The Balaban J connectivity index is 1.28. The van der Waals surface area contributed by atoms with Gasteiger partial charge in [-0.15, -0.1) is 0 Å². The molecule has 8 nitrogen and oxygen atoms in total. The van der Waals surface area contributed by atoms with Crippen molar-refractivity contribution in [3.63, 3.8) is 0 Å². The van der Waals surface area contributed by atoms with E-state index in [2.05, 4.69) is 31.0 Å². The number of hydrogen-bond donors (Lipinski definition) is 0. The Labute approximate surface area is 188 Å². The van der Waals surface area contributed by atoms with Gasteiger partial charge in [0.2, 0.25) is 0 Å². The van der Waals surface area contributed by atoms with E-state index in [0.717, 1.165) is 24.1 Å². The fourth-order valence-electron chi connectivity index (χ4n) is 3.36. The zero-order valence-corrected chi connectivity index (χ0v) is 18.9. The third kappa shape index (κ3) is 5.03. The lowest BCUT2D eigenvalue weighted by molar-refractivity contribution is 0.0621. The first-order chi connectivity index (χ1) is 14.5. The molecular weight excluding hydrogens is 472 g/mol. The minimum atomic E-state index is -0.0588. The second kappa shape index (κ2) is 9.20. The summed E-state index contributed by atoms with van der Waals surface area (Å²) in [4.78, 5) is 17.0. The number of aryl methyl sites for hydroxylation is 1. The summed E-state index contributed by atoms with van der Waals surface area (Å²) in [5.41, 5.74) is 1.60. The van der Waals surface area contributed by atoms with Crippen LogP contribution in [0.15, 0.2) is 47.3 Å². The molecular formula is C20H22BrClN6O2. The van der Waals surface area contributed by atoms with Gasteiger partial charge >= 0.3 is 0 Å². The molecule has 10 heteroatoms. The van der Waals surface area contributed by atoms with E-state index >= 15 is 0 Å². The van der Waals surface area contributed by atoms with E-state index in [9.17, 15) is 4.79 Å². The third-order valence-electron chi connectivity index (χ3n) is 4.93. The van der Waals surface area contributed by atoms with Crippen molar-refractivity contribution in [2.45, 2.75) is 13.3 Å². The molecule has 30 heavy (non-hydrogen) atoms. The number of benzene rings is 1. The van der Waals surface area contributed by atoms with Crippen LogP contribution in [0.3, 0.4) is 0 Å². The number of rotatable bonds is 6. The lowest BCUT2D eigenvalue weighted by Crippen LogP contribution is -2.48. The van der Waals surface area contributed by atoms with Crippen LogP contribution in [0.2, 0.25) is 5.02 Å². The zero-order valence-electron chi connectivity index (χ0n) is 16.5. The summed E-state index contributed by atoms with van der Waals surface area (Å²) in [6, 6.07) is 7.12. The fraction of sp³-hybridized carbons (Fsp3) is 0.350. The van der Waals surface area contributed by atoms with Crippen molar-refractivity contribution in [1.29, 1.82) is 0 Å². The van der Waals surface area contributed by atoms with Gasteiger partial charge in [-0.25, -0.2) is 4.68 Å². The number of halogens is 2. The van der Waals surface area contributed by atoms with Crippen molar-refractivity contribution in [2.24, 2.45) is 7.05 Å². The van der Waals surface area contributed by atoms with E-state index in [4.69, 9.17) is 16.3 Å². The number of hydrogen-bond acceptors (Lipinski definition) is 5. The standard InChI is InChI=1S/C20H22BrClN6O2/c1-25-12-15(11-23-25)13-26-6-8-27(9-7-26)20(29)18-4-5-28(24-18)14-30-19-3-2-16(21)10-17(19)22/h2-5,10-12H,6-9,13-14H2,1H3. The summed E-state index contributed by atoms with van der Waals surface area (Å²) in [7, 11) is 1.91. The molecule has 0 N–H and O–H groups in total. The molecule has 3 aromatic rings. The molecule has 2 aromatic heterocycles. The van der Waals surface area contributed by atoms with Crippen molar-refractivity contribution < 1.29 is 9.53 Å². The van der Waals surface area contributed by atoms with Crippen molar-refractivity contribution in [3.8, 4) is 5.75 Å². The summed E-state index contributed by atoms with van der Waals surface area (Å²) >= 11 is 9.53. The summed E-state index contributed by atoms with van der Waals surface area (Å²) in [6.07, 6.45) is 5.64. The molecule has 0 unspecified atom stereocenters. The van der Waals surface area contributed by atoms with Crippen LogP contribution in [0.25, 0.3) is 0 Å². The number of ether oxygens (including phenoxy) is 1. The minimum Gasteiger partial charge on any atom is -0.470 e. The van der Waals surface area contributed by atoms with Crippen LogP contribution in [-0.2, 0) is 20.3 Å². The fourth-order valence-corrected chi connectivity index (χ4v) is 4.09. The van der Waals surface area contributed by atoms with E-state index in [0.29, 0.717) is 29.6 Å². The number of carbonyl (C=O) groups is 1. The lowest BCUT2D eigenvalue weighted by Gasteiger charge is -2.34. The van der Waals surface area contributed by atoms with E-state index in [1.54, 1.807) is 33.8 Å². The highest BCUT2D eigenvalue weighted by atomic mass is 79.9. The van der Waals surface area contributed by atoms with Crippen LogP contribution in [0.1, 0.15) is 16.1 Å². The van der Waals surface area contributed by atoms with Gasteiger partial charge in [0.05, 0.1) is 11.2 Å². The van der Waals surface area contributed by atoms with Crippen molar-refractivity contribution in [1.82, 2.24) is 29.4 Å². The van der Waals surface area contributed by atoms with Gasteiger partial charge in [0, 0.05) is 62.2 Å². The molecule has 3 heterocycles. The SMILES string of the molecule is Cn1cc(CN2CCN(C(=O)c3ccn(COc4ccc(Br)cc4Cl)n3)CC2)cn1. The molecule has 1 saturated heterocycles. The topological polar surface area (TPSA) is 68.4 Å². The van der Waals surface area contributed by atoms with Crippen molar-refractivity contribution in [2.75, 3.05) is 26.2 Å². The number of amides is 1. The molecule has 0 atom stereocenters. The van der Waals surface area contributed by atoms with Crippen molar-refractivity contribution >= 4 is 33.4 Å². The van der Waals surface area contributed by atoms with Crippen molar-refractivity contribution in [3.05, 3.63) is 63.6 Å². The Kier molecular flexibility index (Phi) is 6.40. The smallest absolute Gasteiger partial charge is 0.274 e. The molecule has 0 spiro atoms. The quantitative estimate of drug-likeness (QED) is 0.528. The van der Waals surface area contributed by atoms with E-state index in [-0.39, 0.29) is 12.6 Å². The van der Waals surface area contributed by atoms with E-state index in [1.165, 1.54) is 5.56 Å². The Morgan fingerprint density at radius 2 is 2.03 bits per heavy atom. The van der Waals surface area contributed by atoms with Crippen LogP contribution < -0.4 is 4.74 Å². The normalized spacial score (nSPS) is 14.8. The molecule has 1 aromatic carbocycles. The second-order valence-corrected chi connectivity index (χ2v) is 8.50. The Bertz CT molecular complexity index is 1030. The molecule has 1 amide bonds. The maximum Gasteiger partial charge on any atom is 0.274 e. The highest BCUT2D eigenvalue weighted by Crippen LogP contribution is 2.27. The molecule has 0 saturated carbocycles. The average Bonchev–Trinajstić information content (AvgIpc) is 3.36. The molecule has 1 fully saturated rings. The zero-order chi connectivity index (χ0) is 21.1. The first-order valence-corrected chi connectivity index (χ1v) is 10.8. The number of piperazine rings is 1. The largest absolute Gasteiger partial charge is 0.470 e. The van der Waals surface area contributed by atoms with Gasteiger partial charge in [-0.3, -0.25) is 14.4 Å². The minimum absolute atomic E-state index is 0.0588. The number of aromatic nitrogens is 4. The average molecular weight is 494 g/mol. The summed E-state index contributed by atoms with van der Waals surface area (Å²) in [5, 5.41) is 9.08. The van der Waals surface area contributed by atoms with Gasteiger partial charge in [0.25, 0.3) is 5.91 Å². The predicted octanol–water partition coefficient (Wildman–Crippen LogP) is 3.03. The van der Waals surface area contributed by atoms with Gasteiger partial charge in [-0.05, 0) is 24.3 Å². The molecule has 0 aliphatic carbocycles. The molecule has 0 radical (unpaired) electrons. The summed E-state index contributed by atoms with van der Waals surface area (Å²) in [6.45, 7) is 4.03. The first kappa shape index (κ1) is 20.9. The molecule has 0 bridgehead atoms. The van der Waals surface area contributed by atoms with Gasteiger partial charge in [0.15, 0.2) is 12.4 Å². The van der Waals surface area contributed by atoms with Gasteiger partial charge in [-0.1, -0.05) is 27.5 Å². The van der Waals surface area contributed by atoms with Crippen LogP contribution in [0.4, 0.5) is 0 Å². The summed E-state index contributed by atoms with van der Waals surface area (Å²) < 4.78 is 9.97. The second-order valence-electron chi connectivity index (χ2n) is 7.18. The van der Waals surface area contributed by atoms with Crippen LogP contribution in [-0.4, -0.2) is 61.4 Å². The van der Waals surface area contributed by atoms with Gasteiger partial charge in [-0.2, -0.15) is 10.2 Å².